The number of nitrogens with one attached hydrogen (secondary N) is 2. The zero-order chi connectivity index (χ0) is 12.4. The molecule has 3 nitrogen and oxygen atoms in total. The predicted molar refractivity (Wildman–Crippen MR) is 70.4 cm³/mol. The van der Waals surface area contributed by atoms with Gasteiger partial charge in [0.2, 0.25) is 5.91 Å². The maximum Gasteiger partial charge on any atom is 0.241 e. The van der Waals surface area contributed by atoms with Crippen molar-refractivity contribution in [3.63, 3.8) is 0 Å². The van der Waals surface area contributed by atoms with Gasteiger partial charge in [-0.15, -0.1) is 0 Å². The first-order chi connectivity index (χ1) is 8.08. The van der Waals surface area contributed by atoms with Gasteiger partial charge in [-0.3, -0.25) is 4.79 Å². The van der Waals surface area contributed by atoms with Crippen molar-refractivity contribution in [1.82, 2.24) is 5.32 Å². The molecule has 4 heteroatoms. The van der Waals surface area contributed by atoms with Gasteiger partial charge in [-0.1, -0.05) is 24.6 Å². The largest absolute Gasteiger partial charge is 0.323 e. The van der Waals surface area contributed by atoms with Crippen LogP contribution in [0.1, 0.15) is 18.9 Å². The lowest BCUT2D eigenvalue weighted by Gasteiger charge is -2.16. The average Bonchev–Trinajstić information content (AvgIpc) is 2.70. The summed E-state index contributed by atoms with van der Waals surface area (Å²) in [7, 11) is 0. The highest BCUT2D eigenvalue weighted by Gasteiger charge is 2.29. The Labute approximate surface area is 107 Å². The third-order valence-corrected chi connectivity index (χ3v) is 3.52. The lowest BCUT2D eigenvalue weighted by molar-refractivity contribution is -0.118. The standard InChI is InChI=1S/C13H17ClN2O/c1-8-3-4-10(14)11(7-8)16-13(17)12-9(2)5-6-15-12/h3-4,7,9,12,15H,5-6H2,1-2H3,(H,16,17). The summed E-state index contributed by atoms with van der Waals surface area (Å²) in [5, 5.41) is 6.67. The predicted octanol–water partition coefficient (Wildman–Crippen LogP) is 2.58. The van der Waals surface area contributed by atoms with Crippen LogP contribution in [-0.4, -0.2) is 18.5 Å². The molecule has 2 atom stereocenters. The van der Waals surface area contributed by atoms with Gasteiger partial charge in [-0.05, 0) is 43.5 Å². The van der Waals surface area contributed by atoms with Gasteiger partial charge in [-0.2, -0.15) is 0 Å². The number of halogens is 1. The summed E-state index contributed by atoms with van der Waals surface area (Å²) < 4.78 is 0. The quantitative estimate of drug-likeness (QED) is 0.850. The van der Waals surface area contributed by atoms with Crippen molar-refractivity contribution in [3.8, 4) is 0 Å². The Morgan fingerprint density at radius 3 is 2.94 bits per heavy atom. The Morgan fingerprint density at radius 1 is 1.53 bits per heavy atom. The SMILES string of the molecule is Cc1ccc(Cl)c(NC(=O)C2NCCC2C)c1. The van der Waals surface area contributed by atoms with E-state index in [0.717, 1.165) is 18.5 Å². The number of carbonyl (C=O) groups is 1. The Hall–Kier alpha value is -1.06. The third kappa shape index (κ3) is 2.79. The van der Waals surface area contributed by atoms with E-state index in [1.807, 2.05) is 19.1 Å². The van der Waals surface area contributed by atoms with E-state index in [1.165, 1.54) is 0 Å². The van der Waals surface area contributed by atoms with Crippen LogP contribution >= 0.6 is 11.6 Å². The molecule has 1 heterocycles. The molecule has 0 saturated carbocycles. The fraction of sp³-hybridized carbons (Fsp3) is 0.462. The molecular weight excluding hydrogens is 236 g/mol. The number of aryl methyl sites for hydroxylation is 1. The van der Waals surface area contributed by atoms with Gasteiger partial charge in [-0.25, -0.2) is 0 Å². The smallest absolute Gasteiger partial charge is 0.241 e. The van der Waals surface area contributed by atoms with E-state index in [9.17, 15) is 4.79 Å². The highest BCUT2D eigenvalue weighted by atomic mass is 35.5. The van der Waals surface area contributed by atoms with E-state index in [2.05, 4.69) is 17.6 Å². The summed E-state index contributed by atoms with van der Waals surface area (Å²) in [4.78, 5) is 12.1. The monoisotopic (exact) mass is 252 g/mol. The van der Waals surface area contributed by atoms with Crippen molar-refractivity contribution in [2.45, 2.75) is 26.3 Å². The highest BCUT2D eigenvalue weighted by molar-refractivity contribution is 6.33. The maximum atomic E-state index is 12.1. The molecule has 2 unspecified atom stereocenters. The Balaban J connectivity index is 2.10. The van der Waals surface area contributed by atoms with Crippen molar-refractivity contribution in [2.75, 3.05) is 11.9 Å². The van der Waals surface area contributed by atoms with Crippen LogP contribution in [0.4, 0.5) is 5.69 Å². The molecule has 0 spiro atoms. The second kappa shape index (κ2) is 5.07. The molecule has 0 aliphatic carbocycles. The summed E-state index contributed by atoms with van der Waals surface area (Å²) in [5.41, 5.74) is 1.77. The van der Waals surface area contributed by atoms with E-state index >= 15 is 0 Å². The molecule has 17 heavy (non-hydrogen) atoms. The third-order valence-electron chi connectivity index (χ3n) is 3.20. The summed E-state index contributed by atoms with van der Waals surface area (Å²) in [6, 6.07) is 5.51. The Morgan fingerprint density at radius 2 is 2.29 bits per heavy atom. The molecule has 1 aromatic carbocycles. The normalized spacial score (nSPS) is 23.7. The number of benzene rings is 1. The van der Waals surface area contributed by atoms with Crippen LogP contribution in [0, 0.1) is 12.8 Å². The molecule has 1 aromatic rings. The summed E-state index contributed by atoms with van der Waals surface area (Å²) in [6.07, 6.45) is 1.04. The van der Waals surface area contributed by atoms with Crippen molar-refractivity contribution < 1.29 is 4.79 Å². The van der Waals surface area contributed by atoms with E-state index in [1.54, 1.807) is 6.07 Å². The highest BCUT2D eigenvalue weighted by Crippen LogP contribution is 2.24. The molecule has 1 amide bonds. The van der Waals surface area contributed by atoms with Crippen LogP contribution in [0.3, 0.4) is 0 Å². The van der Waals surface area contributed by atoms with Gasteiger partial charge < -0.3 is 10.6 Å². The van der Waals surface area contributed by atoms with E-state index in [4.69, 9.17) is 11.6 Å². The summed E-state index contributed by atoms with van der Waals surface area (Å²) >= 11 is 6.05. The van der Waals surface area contributed by atoms with Crippen molar-refractivity contribution >= 4 is 23.2 Å². The summed E-state index contributed by atoms with van der Waals surface area (Å²) in [6.45, 7) is 4.96. The van der Waals surface area contributed by atoms with Crippen LogP contribution < -0.4 is 10.6 Å². The molecule has 0 aromatic heterocycles. The van der Waals surface area contributed by atoms with Crippen molar-refractivity contribution in [1.29, 1.82) is 0 Å². The van der Waals surface area contributed by atoms with Crippen LogP contribution in [0.5, 0.6) is 0 Å². The van der Waals surface area contributed by atoms with E-state index in [0.29, 0.717) is 16.6 Å². The molecule has 1 aliphatic rings. The summed E-state index contributed by atoms with van der Waals surface area (Å²) in [5.74, 6) is 0.376. The average molecular weight is 253 g/mol. The molecule has 1 aliphatic heterocycles. The first kappa shape index (κ1) is 12.4. The molecule has 0 radical (unpaired) electrons. The topological polar surface area (TPSA) is 41.1 Å². The molecule has 2 N–H and O–H groups in total. The number of amides is 1. The van der Waals surface area contributed by atoms with Crippen LogP contribution in [0.25, 0.3) is 0 Å². The van der Waals surface area contributed by atoms with E-state index < -0.39 is 0 Å². The lowest BCUT2D eigenvalue weighted by atomic mass is 10.0. The van der Waals surface area contributed by atoms with E-state index in [-0.39, 0.29) is 11.9 Å². The van der Waals surface area contributed by atoms with Gasteiger partial charge in [0.25, 0.3) is 0 Å². The fourth-order valence-electron chi connectivity index (χ4n) is 2.13. The van der Waals surface area contributed by atoms with Crippen molar-refractivity contribution in [2.24, 2.45) is 5.92 Å². The zero-order valence-electron chi connectivity index (χ0n) is 10.1. The minimum atomic E-state index is -0.105. The zero-order valence-corrected chi connectivity index (χ0v) is 10.8. The molecule has 1 saturated heterocycles. The number of carbonyl (C=O) groups excluding carboxylic acids is 1. The first-order valence-corrected chi connectivity index (χ1v) is 6.26. The van der Waals surface area contributed by atoms with Crippen LogP contribution in [-0.2, 0) is 4.79 Å². The Bertz CT molecular complexity index is 433. The van der Waals surface area contributed by atoms with Gasteiger partial charge in [0.15, 0.2) is 0 Å². The minimum absolute atomic E-state index is 0.00231. The first-order valence-electron chi connectivity index (χ1n) is 5.88. The van der Waals surface area contributed by atoms with Gasteiger partial charge in [0.1, 0.15) is 0 Å². The molecule has 2 rings (SSSR count). The number of rotatable bonds is 2. The Kier molecular flexibility index (Phi) is 3.69. The molecular formula is C13H17ClN2O. The van der Waals surface area contributed by atoms with Crippen LogP contribution in [0.2, 0.25) is 5.02 Å². The number of hydrogen-bond acceptors (Lipinski definition) is 2. The van der Waals surface area contributed by atoms with Gasteiger partial charge in [0, 0.05) is 0 Å². The maximum absolute atomic E-state index is 12.1. The molecule has 0 bridgehead atoms. The molecule has 92 valence electrons. The second-order valence-electron chi connectivity index (χ2n) is 4.67. The molecule has 1 fully saturated rings. The lowest BCUT2D eigenvalue weighted by Crippen LogP contribution is -2.39. The van der Waals surface area contributed by atoms with Gasteiger partial charge in [0.05, 0.1) is 16.8 Å². The van der Waals surface area contributed by atoms with Gasteiger partial charge >= 0.3 is 0 Å². The van der Waals surface area contributed by atoms with Crippen LogP contribution in [0.15, 0.2) is 18.2 Å². The number of hydrogen-bond donors (Lipinski definition) is 2. The second-order valence-corrected chi connectivity index (χ2v) is 5.08. The number of anilines is 1. The fourth-order valence-corrected chi connectivity index (χ4v) is 2.30. The minimum Gasteiger partial charge on any atom is -0.323 e. The van der Waals surface area contributed by atoms with Crippen molar-refractivity contribution in [3.05, 3.63) is 28.8 Å².